The van der Waals surface area contributed by atoms with Gasteiger partial charge in [0.2, 0.25) is 0 Å². The first-order valence-corrected chi connectivity index (χ1v) is 6.71. The molecule has 2 N–H and O–H groups in total. The van der Waals surface area contributed by atoms with E-state index in [-0.39, 0.29) is 6.04 Å². The molecule has 0 spiro atoms. The molecular weight excluding hydrogens is 242 g/mol. The predicted molar refractivity (Wildman–Crippen MR) is 74.5 cm³/mol. The summed E-state index contributed by atoms with van der Waals surface area (Å²) in [4.78, 5) is 0. The largest absolute Gasteiger partial charge is 0.497 e. The van der Waals surface area contributed by atoms with Crippen LogP contribution in [0.3, 0.4) is 0 Å². The van der Waals surface area contributed by atoms with E-state index in [2.05, 4.69) is 5.32 Å². The molecule has 1 aliphatic rings. The molecule has 0 radical (unpaired) electrons. The molecule has 4 heteroatoms. The van der Waals surface area contributed by atoms with Crippen molar-refractivity contribution in [3.63, 3.8) is 0 Å². The van der Waals surface area contributed by atoms with Crippen LogP contribution in [0.2, 0.25) is 0 Å². The Balaban J connectivity index is 2.13. The second-order valence-electron chi connectivity index (χ2n) is 5.38. The van der Waals surface area contributed by atoms with Gasteiger partial charge in [0.15, 0.2) is 0 Å². The summed E-state index contributed by atoms with van der Waals surface area (Å²) in [6.45, 7) is 6.11. The minimum Gasteiger partial charge on any atom is -0.497 e. The summed E-state index contributed by atoms with van der Waals surface area (Å²) in [6.07, 6.45) is 0.639. The Labute approximate surface area is 114 Å². The van der Waals surface area contributed by atoms with Gasteiger partial charge in [0.05, 0.1) is 25.9 Å². The van der Waals surface area contributed by atoms with Crippen LogP contribution in [-0.4, -0.2) is 38.0 Å². The topological polar surface area (TPSA) is 50.7 Å². The third-order valence-corrected chi connectivity index (χ3v) is 3.66. The summed E-state index contributed by atoms with van der Waals surface area (Å²) in [7, 11) is 1.65. The number of nitrogens with one attached hydrogen (secondary N) is 1. The van der Waals surface area contributed by atoms with Gasteiger partial charge in [-0.3, -0.25) is 0 Å². The van der Waals surface area contributed by atoms with Crippen LogP contribution in [0, 0.1) is 6.92 Å². The number of morpholine rings is 1. The molecule has 0 saturated carbocycles. The molecule has 2 atom stereocenters. The van der Waals surface area contributed by atoms with E-state index in [1.165, 1.54) is 0 Å². The third-order valence-electron chi connectivity index (χ3n) is 3.66. The zero-order chi connectivity index (χ0) is 13.9. The maximum atomic E-state index is 10.7. The first-order valence-electron chi connectivity index (χ1n) is 6.71. The number of aryl methyl sites for hydroxylation is 1. The van der Waals surface area contributed by atoms with Crippen molar-refractivity contribution in [3.8, 4) is 5.75 Å². The number of benzene rings is 1. The lowest BCUT2D eigenvalue weighted by atomic mass is 9.86. The van der Waals surface area contributed by atoms with Crippen molar-refractivity contribution in [1.29, 1.82) is 0 Å². The van der Waals surface area contributed by atoms with Crippen molar-refractivity contribution in [2.75, 3.05) is 26.9 Å². The molecule has 2 rings (SSSR count). The van der Waals surface area contributed by atoms with Crippen LogP contribution in [0.5, 0.6) is 5.75 Å². The van der Waals surface area contributed by atoms with Crippen molar-refractivity contribution in [2.24, 2.45) is 0 Å². The lowest BCUT2D eigenvalue weighted by Gasteiger charge is -2.32. The van der Waals surface area contributed by atoms with E-state index < -0.39 is 5.60 Å². The molecule has 0 amide bonds. The minimum absolute atomic E-state index is 0.199. The Kier molecular flexibility index (Phi) is 4.45. The highest BCUT2D eigenvalue weighted by atomic mass is 16.5. The second kappa shape index (κ2) is 5.90. The lowest BCUT2D eigenvalue weighted by molar-refractivity contribution is 0.00283. The van der Waals surface area contributed by atoms with E-state index >= 15 is 0 Å². The number of methoxy groups -OCH3 is 1. The van der Waals surface area contributed by atoms with Gasteiger partial charge in [0, 0.05) is 12.6 Å². The molecule has 2 unspecified atom stereocenters. The smallest absolute Gasteiger partial charge is 0.119 e. The molecule has 1 fully saturated rings. The Morgan fingerprint density at radius 3 is 2.89 bits per heavy atom. The molecule has 106 valence electrons. The number of rotatable bonds is 4. The number of hydrogen-bond donors (Lipinski definition) is 2. The van der Waals surface area contributed by atoms with Gasteiger partial charge in [-0.15, -0.1) is 0 Å². The molecular formula is C15H23NO3. The van der Waals surface area contributed by atoms with Crippen LogP contribution in [-0.2, 0) is 10.3 Å². The number of hydrogen-bond acceptors (Lipinski definition) is 4. The summed E-state index contributed by atoms with van der Waals surface area (Å²) < 4.78 is 10.6. The summed E-state index contributed by atoms with van der Waals surface area (Å²) in [6, 6.07) is 5.99. The van der Waals surface area contributed by atoms with Gasteiger partial charge in [-0.2, -0.15) is 0 Å². The molecule has 1 heterocycles. The van der Waals surface area contributed by atoms with Gasteiger partial charge < -0.3 is 19.9 Å². The zero-order valence-electron chi connectivity index (χ0n) is 11.9. The maximum Gasteiger partial charge on any atom is 0.119 e. The van der Waals surface area contributed by atoms with Gasteiger partial charge in [-0.25, -0.2) is 0 Å². The minimum atomic E-state index is -0.866. The molecule has 1 aromatic carbocycles. The molecule has 0 aliphatic carbocycles. The van der Waals surface area contributed by atoms with Gasteiger partial charge in [-0.05, 0) is 43.5 Å². The summed E-state index contributed by atoms with van der Waals surface area (Å²) in [5, 5.41) is 14.1. The van der Waals surface area contributed by atoms with E-state index in [0.717, 1.165) is 30.0 Å². The van der Waals surface area contributed by atoms with Gasteiger partial charge in [0.25, 0.3) is 0 Å². The van der Waals surface area contributed by atoms with Crippen molar-refractivity contribution in [1.82, 2.24) is 5.32 Å². The fourth-order valence-corrected chi connectivity index (χ4v) is 2.71. The van der Waals surface area contributed by atoms with E-state index in [9.17, 15) is 5.11 Å². The van der Waals surface area contributed by atoms with E-state index in [1.54, 1.807) is 7.11 Å². The Morgan fingerprint density at radius 1 is 1.53 bits per heavy atom. The average molecular weight is 265 g/mol. The lowest BCUT2D eigenvalue weighted by Crippen LogP contribution is -2.45. The highest BCUT2D eigenvalue weighted by molar-refractivity contribution is 5.38. The van der Waals surface area contributed by atoms with Crippen LogP contribution in [0.4, 0.5) is 0 Å². The quantitative estimate of drug-likeness (QED) is 0.868. The van der Waals surface area contributed by atoms with Gasteiger partial charge in [-0.1, -0.05) is 6.07 Å². The normalized spacial score (nSPS) is 22.8. The van der Waals surface area contributed by atoms with Crippen LogP contribution in [0.25, 0.3) is 0 Å². The molecule has 1 saturated heterocycles. The van der Waals surface area contributed by atoms with Crippen molar-refractivity contribution >= 4 is 0 Å². The Morgan fingerprint density at radius 2 is 2.32 bits per heavy atom. The first-order chi connectivity index (χ1) is 9.03. The highest BCUT2D eigenvalue weighted by Gasteiger charge is 2.29. The molecule has 1 aromatic rings. The Bertz CT molecular complexity index is 425. The molecule has 1 aliphatic heterocycles. The second-order valence-corrected chi connectivity index (χ2v) is 5.38. The van der Waals surface area contributed by atoms with Crippen LogP contribution in [0.15, 0.2) is 18.2 Å². The molecule has 19 heavy (non-hydrogen) atoms. The van der Waals surface area contributed by atoms with Crippen molar-refractivity contribution in [3.05, 3.63) is 29.3 Å². The van der Waals surface area contributed by atoms with Crippen LogP contribution >= 0.6 is 0 Å². The standard InChI is InChI=1S/C15H23NO3/c1-11-8-13(18-3)4-5-14(11)15(2,17)9-12-10-19-7-6-16-12/h4-5,8,12,16-17H,6-7,9-10H2,1-3H3. The number of ether oxygens (including phenoxy) is 2. The van der Waals surface area contributed by atoms with Crippen LogP contribution < -0.4 is 10.1 Å². The van der Waals surface area contributed by atoms with E-state index in [4.69, 9.17) is 9.47 Å². The summed E-state index contributed by atoms with van der Waals surface area (Å²) in [5.74, 6) is 0.816. The highest BCUT2D eigenvalue weighted by Crippen LogP contribution is 2.31. The third kappa shape index (κ3) is 3.47. The number of aliphatic hydroxyl groups is 1. The van der Waals surface area contributed by atoms with E-state index in [1.807, 2.05) is 32.0 Å². The Hall–Kier alpha value is -1.10. The maximum absolute atomic E-state index is 10.7. The average Bonchev–Trinajstić information content (AvgIpc) is 2.38. The SMILES string of the molecule is COc1ccc(C(C)(O)CC2COCCN2)c(C)c1. The zero-order valence-corrected chi connectivity index (χ0v) is 11.9. The fourth-order valence-electron chi connectivity index (χ4n) is 2.71. The monoisotopic (exact) mass is 265 g/mol. The first kappa shape index (κ1) is 14.3. The fraction of sp³-hybridized carbons (Fsp3) is 0.600. The van der Waals surface area contributed by atoms with Crippen LogP contribution in [0.1, 0.15) is 24.5 Å². The molecule has 0 aromatic heterocycles. The van der Waals surface area contributed by atoms with Crippen molar-refractivity contribution in [2.45, 2.75) is 31.9 Å². The van der Waals surface area contributed by atoms with E-state index in [0.29, 0.717) is 13.0 Å². The van der Waals surface area contributed by atoms with Crippen molar-refractivity contribution < 1.29 is 14.6 Å². The summed E-state index contributed by atoms with van der Waals surface area (Å²) >= 11 is 0. The van der Waals surface area contributed by atoms with Gasteiger partial charge in [0.1, 0.15) is 5.75 Å². The molecule has 0 bridgehead atoms. The summed E-state index contributed by atoms with van der Waals surface area (Å²) in [5.41, 5.74) is 1.12. The predicted octanol–water partition coefficient (Wildman–Crippen LogP) is 1.59. The van der Waals surface area contributed by atoms with Gasteiger partial charge >= 0.3 is 0 Å². The molecule has 4 nitrogen and oxygen atoms in total.